The van der Waals surface area contributed by atoms with E-state index in [0.29, 0.717) is 34.7 Å². The zero-order chi connectivity index (χ0) is 25.6. The fraction of sp³-hybridized carbons (Fsp3) is 0.269. The summed E-state index contributed by atoms with van der Waals surface area (Å²) in [5, 5.41) is 4.81. The minimum Gasteiger partial charge on any atom is -0.486 e. The molecule has 0 radical (unpaired) electrons. The van der Waals surface area contributed by atoms with Gasteiger partial charge in [0.2, 0.25) is 0 Å². The fourth-order valence-corrected chi connectivity index (χ4v) is 4.90. The number of rotatable bonds is 7. The van der Waals surface area contributed by atoms with E-state index in [9.17, 15) is 4.79 Å². The molecule has 5 rings (SSSR count). The highest BCUT2D eigenvalue weighted by molar-refractivity contribution is 6.42. The predicted octanol–water partition coefficient (Wildman–Crippen LogP) is 2.22. The first-order valence-electron chi connectivity index (χ1n) is 11.9. The van der Waals surface area contributed by atoms with Gasteiger partial charge in [0, 0.05) is 49.4 Å². The molecule has 182 valence electrons. The molecule has 10 heteroatoms. The van der Waals surface area contributed by atoms with E-state index in [2.05, 4.69) is 10.1 Å². The second-order valence-corrected chi connectivity index (χ2v) is 9.72. The molecule has 0 bridgehead atoms. The maximum atomic E-state index is 15.4. The van der Waals surface area contributed by atoms with Gasteiger partial charge in [-0.3, -0.25) is 14.5 Å². The third-order valence-electron chi connectivity index (χ3n) is 6.71. The highest BCUT2D eigenvalue weighted by atomic mass is 19.1. The average Bonchev–Trinajstić information content (AvgIpc) is 3.32. The van der Waals surface area contributed by atoms with Gasteiger partial charge in [-0.05, 0) is 48.4 Å². The van der Waals surface area contributed by atoms with Crippen molar-refractivity contribution in [2.75, 3.05) is 13.7 Å². The van der Waals surface area contributed by atoms with Crippen molar-refractivity contribution in [1.82, 2.24) is 19.7 Å². The topological polar surface area (TPSA) is 69.5 Å². The van der Waals surface area contributed by atoms with Gasteiger partial charge in [-0.1, -0.05) is 12.1 Å². The van der Waals surface area contributed by atoms with Crippen LogP contribution in [0.5, 0.6) is 5.75 Å². The normalized spacial score (nSPS) is 15.3. The number of halogens is 1. The molecule has 1 amide bonds. The lowest BCUT2D eigenvalue weighted by molar-refractivity contribution is 0.0729. The number of nitrogens with zero attached hydrogens (tertiary/aromatic N) is 4. The van der Waals surface area contributed by atoms with Crippen molar-refractivity contribution in [3.05, 3.63) is 77.5 Å². The van der Waals surface area contributed by atoms with Gasteiger partial charge in [-0.2, -0.15) is 5.10 Å². The van der Waals surface area contributed by atoms with Gasteiger partial charge in [0.1, 0.15) is 38.9 Å². The third kappa shape index (κ3) is 4.05. The van der Waals surface area contributed by atoms with E-state index in [1.807, 2.05) is 54.1 Å². The summed E-state index contributed by atoms with van der Waals surface area (Å²) in [5.74, 6) is 0.145. The largest absolute Gasteiger partial charge is 0.486 e. The van der Waals surface area contributed by atoms with Crippen molar-refractivity contribution in [3.63, 3.8) is 0 Å². The van der Waals surface area contributed by atoms with Crippen LogP contribution in [0, 0.1) is 5.82 Å². The molecule has 4 aromatic rings. The number of carbonyl (C=O) groups excluding carboxylic acids is 1. The van der Waals surface area contributed by atoms with Crippen molar-refractivity contribution in [2.24, 2.45) is 7.05 Å². The number of amides is 1. The van der Waals surface area contributed by atoms with E-state index in [0.717, 1.165) is 16.5 Å². The molecule has 0 spiro atoms. The van der Waals surface area contributed by atoms with E-state index >= 15 is 4.39 Å². The van der Waals surface area contributed by atoms with E-state index in [4.69, 9.17) is 9.47 Å². The molecule has 36 heavy (non-hydrogen) atoms. The highest BCUT2D eigenvalue weighted by Gasteiger charge is 2.43. The molecule has 3 heterocycles. The molecule has 0 aliphatic carbocycles. The number of hydrogen-bond acceptors (Lipinski definition) is 5. The Hall–Kier alpha value is -3.65. The van der Waals surface area contributed by atoms with Crippen LogP contribution in [0.3, 0.4) is 0 Å². The lowest BCUT2D eigenvalue weighted by Crippen LogP contribution is -2.44. The van der Waals surface area contributed by atoms with Gasteiger partial charge in [0.05, 0.1) is 17.9 Å². The molecule has 0 unspecified atom stereocenters. The molecule has 1 aliphatic rings. The molecular weight excluding hydrogens is 457 g/mol. The molecule has 2 aromatic carbocycles. The SMILES string of the molecule is BC1(B)c2ncccc2C(=O)N1Cc1ccc(-c2ccc(O[C@@H](C)COC)c3nn(C)cc23)cc1F. The number of aryl methyl sites for hydroxylation is 1. The highest BCUT2D eigenvalue weighted by Crippen LogP contribution is 2.37. The van der Waals surface area contributed by atoms with Crippen LogP contribution in [0.1, 0.15) is 28.5 Å². The van der Waals surface area contributed by atoms with E-state index in [1.54, 1.807) is 41.1 Å². The zero-order valence-electron chi connectivity index (χ0n) is 21.1. The molecule has 1 aliphatic heterocycles. The lowest BCUT2D eigenvalue weighted by Gasteiger charge is -2.32. The van der Waals surface area contributed by atoms with Gasteiger partial charge in [-0.25, -0.2) is 4.39 Å². The second kappa shape index (κ2) is 9.09. The Kier molecular flexibility index (Phi) is 6.08. The van der Waals surface area contributed by atoms with Gasteiger partial charge >= 0.3 is 0 Å². The Morgan fingerprint density at radius 3 is 2.69 bits per heavy atom. The number of aromatic nitrogens is 3. The van der Waals surface area contributed by atoms with Crippen LogP contribution in [0.4, 0.5) is 4.39 Å². The van der Waals surface area contributed by atoms with Crippen molar-refractivity contribution >= 4 is 32.5 Å². The first-order valence-corrected chi connectivity index (χ1v) is 11.9. The molecule has 0 saturated carbocycles. The van der Waals surface area contributed by atoms with E-state index in [1.165, 1.54) is 6.07 Å². The van der Waals surface area contributed by atoms with Crippen LogP contribution in [0.15, 0.2) is 54.9 Å². The van der Waals surface area contributed by atoms with Gasteiger partial charge in [0.25, 0.3) is 5.91 Å². The molecule has 1 atom stereocenters. The summed E-state index contributed by atoms with van der Waals surface area (Å²) in [6, 6.07) is 12.4. The van der Waals surface area contributed by atoms with Crippen LogP contribution >= 0.6 is 0 Å². The first-order chi connectivity index (χ1) is 17.2. The standard InChI is InChI=1S/C26H27B2FN4O3/c1-15(14-35-3)36-22-9-8-18(20-13-32(2)31-23(20)22)16-6-7-17(21(29)11-16)12-33-25(34)19-5-4-10-30-24(19)26(33,27)28/h4-11,13,15H,12,14,27-28H2,1-3H3/t15-/m0/s1. The molecular formula is C26H27B2FN4O3. The van der Waals surface area contributed by atoms with Gasteiger partial charge in [-0.15, -0.1) is 0 Å². The summed E-state index contributed by atoms with van der Waals surface area (Å²) in [6.07, 6.45) is 3.45. The number of hydrogen-bond donors (Lipinski definition) is 0. The minimum atomic E-state index is -0.629. The van der Waals surface area contributed by atoms with Crippen LogP contribution in [0.2, 0.25) is 0 Å². The zero-order valence-corrected chi connectivity index (χ0v) is 21.1. The number of pyridine rings is 1. The van der Waals surface area contributed by atoms with Gasteiger partial charge in [0.15, 0.2) is 0 Å². The maximum absolute atomic E-state index is 15.4. The molecule has 2 aromatic heterocycles. The van der Waals surface area contributed by atoms with Crippen LogP contribution in [0.25, 0.3) is 22.0 Å². The van der Waals surface area contributed by atoms with Crippen LogP contribution in [-0.2, 0) is 23.7 Å². The smallest absolute Gasteiger partial charge is 0.255 e. The predicted molar refractivity (Wildman–Crippen MR) is 141 cm³/mol. The van der Waals surface area contributed by atoms with Crippen molar-refractivity contribution in [1.29, 1.82) is 0 Å². The lowest BCUT2D eigenvalue weighted by atomic mass is 9.59. The Balaban J connectivity index is 1.46. The summed E-state index contributed by atoms with van der Waals surface area (Å²) in [4.78, 5) is 19.1. The summed E-state index contributed by atoms with van der Waals surface area (Å²) in [5.41, 5.74) is 4.02. The molecule has 7 nitrogen and oxygen atoms in total. The Labute approximate surface area is 211 Å². The summed E-state index contributed by atoms with van der Waals surface area (Å²) in [6.45, 7) is 2.54. The number of ether oxygens (including phenoxy) is 2. The van der Waals surface area contributed by atoms with Gasteiger partial charge < -0.3 is 14.4 Å². The maximum Gasteiger partial charge on any atom is 0.255 e. The number of carbonyl (C=O) groups is 1. The monoisotopic (exact) mass is 484 g/mol. The fourth-order valence-electron chi connectivity index (χ4n) is 4.90. The second-order valence-electron chi connectivity index (χ2n) is 9.72. The average molecular weight is 484 g/mol. The number of methoxy groups -OCH3 is 1. The van der Waals surface area contributed by atoms with E-state index in [-0.39, 0.29) is 24.4 Å². The Morgan fingerprint density at radius 2 is 1.97 bits per heavy atom. The molecule has 0 saturated heterocycles. The van der Waals surface area contributed by atoms with Crippen LogP contribution in [-0.4, -0.2) is 61.1 Å². The number of fused-ring (bicyclic) bond motifs is 2. The molecule has 0 N–H and O–H groups in total. The van der Waals surface area contributed by atoms with Crippen molar-refractivity contribution in [2.45, 2.75) is 24.9 Å². The summed E-state index contributed by atoms with van der Waals surface area (Å²) in [7, 11) is 7.35. The van der Waals surface area contributed by atoms with Crippen LogP contribution < -0.4 is 4.74 Å². The number of benzene rings is 2. The van der Waals surface area contributed by atoms with Crippen molar-refractivity contribution < 1.29 is 18.7 Å². The Bertz CT molecular complexity index is 1470. The minimum absolute atomic E-state index is 0.137. The summed E-state index contributed by atoms with van der Waals surface area (Å²) < 4.78 is 28.4. The Morgan fingerprint density at radius 1 is 1.17 bits per heavy atom. The quantitative estimate of drug-likeness (QED) is 0.377. The summed E-state index contributed by atoms with van der Waals surface area (Å²) >= 11 is 0. The third-order valence-corrected chi connectivity index (χ3v) is 6.71. The van der Waals surface area contributed by atoms with Crippen molar-refractivity contribution in [3.8, 4) is 16.9 Å². The first kappa shape index (κ1) is 24.1. The molecule has 0 fully saturated rings. The van der Waals surface area contributed by atoms with E-state index < -0.39 is 5.34 Å².